The number of aliphatic hydroxyl groups excluding tert-OH is 1. The Hall–Kier alpha value is -6.28. The number of likely N-dealkylation sites (N-methyl/N-ethyl adjacent to an activating group) is 1. The number of carboxylic acid groups (broad SMARTS) is 1. The van der Waals surface area contributed by atoms with Crippen molar-refractivity contribution in [3.8, 4) is 11.3 Å². The second kappa shape index (κ2) is 19.2. The van der Waals surface area contributed by atoms with E-state index in [0.29, 0.717) is 19.5 Å². The Bertz CT molecular complexity index is 2310. The lowest BCUT2D eigenvalue weighted by molar-refractivity contribution is -0.131. The Balaban J connectivity index is 1.26. The first-order valence-corrected chi connectivity index (χ1v) is 21.2. The summed E-state index contributed by atoms with van der Waals surface area (Å²) >= 11 is 0. The zero-order chi connectivity index (χ0) is 44.8. The normalized spacial score (nSPS) is 15.8. The molecule has 0 bridgehead atoms. The van der Waals surface area contributed by atoms with Crippen molar-refractivity contribution in [2.24, 2.45) is 10.8 Å². The van der Waals surface area contributed by atoms with E-state index in [0.717, 1.165) is 38.6 Å². The number of carbonyl (C=O) groups is 4. The van der Waals surface area contributed by atoms with Gasteiger partial charge in [0.15, 0.2) is 0 Å². The first kappa shape index (κ1) is 45.3. The minimum Gasteiger partial charge on any atom is -0.465 e. The minimum atomic E-state index is -1.25. The molecule has 328 valence electrons. The van der Waals surface area contributed by atoms with Crippen LogP contribution in [0.25, 0.3) is 16.8 Å². The number of hydrogen-bond acceptors (Lipinski definition) is 7. The number of aliphatic hydroxyl groups is 1. The summed E-state index contributed by atoms with van der Waals surface area (Å²) in [5, 5.41) is 28.4. The van der Waals surface area contributed by atoms with Gasteiger partial charge in [0, 0.05) is 44.1 Å². The fourth-order valence-electron chi connectivity index (χ4n) is 8.51. The highest BCUT2D eigenvalue weighted by atomic mass is 16.4. The quantitative estimate of drug-likeness (QED) is 0.0899. The molecule has 14 nitrogen and oxygen atoms in total. The summed E-state index contributed by atoms with van der Waals surface area (Å²) in [4.78, 5) is 68.4. The van der Waals surface area contributed by atoms with Gasteiger partial charge in [-0.05, 0) is 65.5 Å². The molecule has 0 saturated carbocycles. The molecule has 5 atom stereocenters. The molecule has 4 N–H and O–H groups in total. The lowest BCUT2D eigenvalue weighted by Crippen LogP contribution is -2.59. The Kier molecular flexibility index (Phi) is 14.0. The lowest BCUT2D eigenvalue weighted by Gasteiger charge is -2.38. The van der Waals surface area contributed by atoms with E-state index in [1.807, 2.05) is 122 Å². The van der Waals surface area contributed by atoms with Crippen molar-refractivity contribution in [2.75, 3.05) is 20.1 Å². The fourth-order valence-corrected chi connectivity index (χ4v) is 8.51. The highest BCUT2D eigenvalue weighted by Crippen LogP contribution is 2.30. The molecule has 4 heterocycles. The lowest BCUT2D eigenvalue weighted by atomic mass is 9.84. The van der Waals surface area contributed by atoms with E-state index < -0.39 is 53.1 Å². The summed E-state index contributed by atoms with van der Waals surface area (Å²) in [5.41, 5.74) is 2.93. The predicted octanol–water partition coefficient (Wildman–Crippen LogP) is 6.28. The molecule has 6 rings (SSSR count). The first-order chi connectivity index (χ1) is 29.4. The SMILES string of the molecule is CN(C(=O)O)[C@H](C(=O)N[C@@H](Cc1ccc(-c2ccccn2)cc1)[C@H](O)C[C@H](Cc1ccccc1)NC(=O)[C@@H](N1CCN(Cc2ncc3ccccn23)C1=O)C(C)(C)C)C(C)(C)C. The number of nitrogens with one attached hydrogen (secondary N) is 2. The van der Waals surface area contributed by atoms with Gasteiger partial charge in [0.1, 0.15) is 17.9 Å². The van der Waals surface area contributed by atoms with Crippen LogP contribution < -0.4 is 10.6 Å². The van der Waals surface area contributed by atoms with Crippen LogP contribution >= 0.6 is 0 Å². The monoisotopic (exact) mass is 844 g/mol. The van der Waals surface area contributed by atoms with E-state index in [2.05, 4.69) is 20.6 Å². The predicted molar refractivity (Wildman–Crippen MR) is 238 cm³/mol. The number of benzene rings is 2. The van der Waals surface area contributed by atoms with Crippen LogP contribution in [0.4, 0.5) is 9.59 Å². The number of hydrogen-bond donors (Lipinski definition) is 4. The first-order valence-electron chi connectivity index (χ1n) is 21.2. The fraction of sp³-hybridized carbons (Fsp3) is 0.417. The van der Waals surface area contributed by atoms with E-state index in [4.69, 9.17) is 0 Å². The highest BCUT2D eigenvalue weighted by Gasteiger charge is 2.45. The maximum Gasteiger partial charge on any atom is 0.407 e. The third-order valence-corrected chi connectivity index (χ3v) is 11.5. The zero-order valence-corrected chi connectivity index (χ0v) is 36.7. The van der Waals surface area contributed by atoms with E-state index in [-0.39, 0.29) is 31.3 Å². The van der Waals surface area contributed by atoms with E-state index in [9.17, 15) is 29.4 Å². The molecule has 14 heteroatoms. The van der Waals surface area contributed by atoms with Crippen LogP contribution in [-0.2, 0) is 29.0 Å². The Morgan fingerprint density at radius 2 is 1.47 bits per heavy atom. The molecule has 2 aromatic carbocycles. The van der Waals surface area contributed by atoms with Crippen LogP contribution in [0, 0.1) is 10.8 Å². The van der Waals surface area contributed by atoms with E-state index >= 15 is 0 Å². The number of carbonyl (C=O) groups excluding carboxylic acids is 3. The third-order valence-electron chi connectivity index (χ3n) is 11.5. The Morgan fingerprint density at radius 1 is 0.790 bits per heavy atom. The number of aromatic nitrogens is 3. The maximum atomic E-state index is 14.7. The topological polar surface area (TPSA) is 173 Å². The van der Waals surface area contributed by atoms with E-state index in [1.165, 1.54) is 7.05 Å². The number of urea groups is 1. The molecule has 0 radical (unpaired) electrons. The molecule has 5 aromatic rings. The summed E-state index contributed by atoms with van der Waals surface area (Å²) in [7, 11) is 1.36. The molecular formula is C48H60N8O6. The van der Waals surface area contributed by atoms with Crippen LogP contribution in [0.5, 0.6) is 0 Å². The van der Waals surface area contributed by atoms with Crippen molar-refractivity contribution in [2.45, 2.75) is 97.6 Å². The van der Waals surface area contributed by atoms with Crippen molar-refractivity contribution < 1.29 is 29.4 Å². The average molecular weight is 845 g/mol. The molecule has 0 unspecified atom stereocenters. The van der Waals surface area contributed by atoms with Gasteiger partial charge in [-0.15, -0.1) is 0 Å². The van der Waals surface area contributed by atoms with Crippen molar-refractivity contribution in [1.29, 1.82) is 0 Å². The summed E-state index contributed by atoms with van der Waals surface area (Å²) in [6.07, 6.45) is 3.57. The summed E-state index contributed by atoms with van der Waals surface area (Å²) in [6, 6.07) is 25.1. The van der Waals surface area contributed by atoms with Gasteiger partial charge in [0.05, 0.1) is 36.1 Å². The van der Waals surface area contributed by atoms with Crippen molar-refractivity contribution in [3.05, 3.63) is 127 Å². The molecule has 3 aromatic heterocycles. The van der Waals surface area contributed by atoms with Crippen LogP contribution in [-0.4, -0.2) is 114 Å². The maximum absolute atomic E-state index is 14.7. The minimum absolute atomic E-state index is 0.0381. The molecule has 62 heavy (non-hydrogen) atoms. The van der Waals surface area contributed by atoms with Crippen LogP contribution in [0.1, 0.15) is 64.9 Å². The number of pyridine rings is 2. The number of nitrogens with zero attached hydrogens (tertiary/aromatic N) is 6. The second-order valence-electron chi connectivity index (χ2n) is 18.4. The van der Waals surface area contributed by atoms with Gasteiger partial charge in [-0.25, -0.2) is 14.6 Å². The molecule has 0 aliphatic carbocycles. The Labute approximate surface area is 364 Å². The van der Waals surface area contributed by atoms with Crippen LogP contribution in [0.15, 0.2) is 110 Å². The van der Waals surface area contributed by atoms with Crippen molar-refractivity contribution in [3.63, 3.8) is 0 Å². The van der Waals surface area contributed by atoms with Crippen LogP contribution in [0.2, 0.25) is 0 Å². The molecule has 1 fully saturated rings. The van der Waals surface area contributed by atoms with Crippen LogP contribution in [0.3, 0.4) is 0 Å². The molecular weight excluding hydrogens is 785 g/mol. The van der Waals surface area contributed by atoms with Gasteiger partial charge in [0.25, 0.3) is 0 Å². The molecule has 0 spiro atoms. The van der Waals surface area contributed by atoms with Crippen molar-refractivity contribution in [1.82, 2.24) is 39.7 Å². The number of imidazole rings is 1. The molecule has 1 saturated heterocycles. The molecule has 1 aliphatic heterocycles. The van der Waals surface area contributed by atoms with Gasteiger partial charge in [0.2, 0.25) is 11.8 Å². The summed E-state index contributed by atoms with van der Waals surface area (Å²) < 4.78 is 1.95. The van der Waals surface area contributed by atoms with Gasteiger partial charge in [-0.1, -0.05) is 108 Å². The standard InChI is InChI=1S/C48H60N8O6/c1-47(2,3)41(53(7)46(61)62)43(58)52-38(28-33-19-21-34(22-20-33)37-18-11-13-23-49-37)39(57)29-35(27-32-15-9-8-10-16-32)51-44(59)42(48(4,5)6)56-26-25-54(45(56)60)31-40-50-30-36-17-12-14-24-55(36)40/h8-24,30,35,38-39,41-42,57H,25-29,31H2,1-7H3,(H,51,59)(H,52,58)(H,61,62)/t35-,38-,39+,41+,42+/m0/s1. The van der Waals surface area contributed by atoms with Crippen molar-refractivity contribution >= 4 is 29.5 Å². The number of fused-ring (bicyclic) bond motifs is 1. The zero-order valence-electron chi connectivity index (χ0n) is 36.7. The smallest absolute Gasteiger partial charge is 0.407 e. The Morgan fingerprint density at radius 3 is 2.11 bits per heavy atom. The summed E-state index contributed by atoms with van der Waals surface area (Å²) in [5.74, 6) is -0.180. The van der Waals surface area contributed by atoms with Gasteiger partial charge >= 0.3 is 12.1 Å². The third kappa shape index (κ3) is 11.0. The molecule has 5 amide bonds. The highest BCUT2D eigenvalue weighted by molar-refractivity contribution is 5.89. The van der Waals surface area contributed by atoms with E-state index in [1.54, 1.807) is 43.0 Å². The number of rotatable bonds is 16. The summed E-state index contributed by atoms with van der Waals surface area (Å²) in [6.45, 7) is 12.2. The van der Waals surface area contributed by atoms with Gasteiger partial charge < -0.3 is 35.0 Å². The average Bonchev–Trinajstić information content (AvgIpc) is 3.79. The van der Waals surface area contributed by atoms with Gasteiger partial charge in [-0.3, -0.25) is 19.5 Å². The number of amides is 5. The molecule has 1 aliphatic rings. The second-order valence-corrected chi connectivity index (χ2v) is 18.4. The largest absolute Gasteiger partial charge is 0.465 e. The van der Waals surface area contributed by atoms with Gasteiger partial charge in [-0.2, -0.15) is 0 Å².